The Morgan fingerprint density at radius 2 is 2.04 bits per heavy atom. The molecule has 1 aromatic carbocycles. The van der Waals surface area contributed by atoms with Gasteiger partial charge in [-0.05, 0) is 63.0 Å². The number of aliphatic hydroxyl groups excluding tert-OH is 1. The summed E-state index contributed by atoms with van der Waals surface area (Å²) in [6.45, 7) is 3.01. The molecular weight excluding hydrogens is 368 g/mol. The van der Waals surface area contributed by atoms with E-state index in [-0.39, 0.29) is 0 Å². The average Bonchev–Trinajstić information content (AvgIpc) is 3.39. The number of rotatable bonds is 6. The molecule has 148 valence electrons. The molecule has 0 saturated carbocycles. The van der Waals surface area contributed by atoms with Gasteiger partial charge in [0.1, 0.15) is 0 Å². The van der Waals surface area contributed by atoms with E-state index >= 15 is 0 Å². The quantitative estimate of drug-likeness (QED) is 0.653. The summed E-state index contributed by atoms with van der Waals surface area (Å²) in [4.78, 5) is 6.77. The van der Waals surface area contributed by atoms with Crippen LogP contribution in [0.1, 0.15) is 22.4 Å². The molecule has 2 aliphatic rings. The molecule has 1 aromatic heterocycles. The second-order valence-corrected chi connectivity index (χ2v) is 8.65. The van der Waals surface area contributed by atoms with Crippen LogP contribution in [0.15, 0.2) is 54.6 Å². The highest BCUT2D eigenvalue weighted by Crippen LogP contribution is 2.30. The number of nitrogens with zero attached hydrogens (tertiary/aromatic N) is 2. The number of likely N-dealkylation sites (N-methyl/N-ethyl adjacent to an activating group) is 1. The summed E-state index contributed by atoms with van der Waals surface area (Å²) in [5.74, 6) is 0. The van der Waals surface area contributed by atoms with Crippen LogP contribution < -0.4 is 15.5 Å². The predicted molar refractivity (Wildman–Crippen MR) is 119 cm³/mol. The Labute approximate surface area is 171 Å². The van der Waals surface area contributed by atoms with Gasteiger partial charge in [-0.2, -0.15) is 0 Å². The van der Waals surface area contributed by atoms with Crippen molar-refractivity contribution in [3.8, 4) is 0 Å². The highest BCUT2D eigenvalue weighted by atomic mass is 32.1. The Morgan fingerprint density at radius 1 is 1.21 bits per heavy atom. The molecule has 0 bridgehead atoms. The van der Waals surface area contributed by atoms with Gasteiger partial charge in [-0.15, -0.1) is 11.3 Å². The van der Waals surface area contributed by atoms with Crippen molar-refractivity contribution in [2.24, 2.45) is 0 Å². The first-order valence-corrected chi connectivity index (χ1v) is 10.6. The second kappa shape index (κ2) is 8.39. The monoisotopic (exact) mass is 396 g/mol. The molecule has 0 radical (unpaired) electrons. The molecule has 1 saturated heterocycles. The number of nitrogens with one attached hydrogen (secondary N) is 2. The van der Waals surface area contributed by atoms with Crippen LogP contribution in [0.4, 0.5) is 11.4 Å². The third-order valence-corrected chi connectivity index (χ3v) is 6.57. The molecule has 2 atom stereocenters. The summed E-state index contributed by atoms with van der Waals surface area (Å²) in [7, 11) is 4.30. The highest BCUT2D eigenvalue weighted by Gasteiger charge is 2.24. The Kier molecular flexibility index (Phi) is 5.71. The van der Waals surface area contributed by atoms with Crippen LogP contribution in [0.3, 0.4) is 0 Å². The maximum Gasteiger partial charge on any atom is 0.160 e. The summed E-state index contributed by atoms with van der Waals surface area (Å²) >= 11 is 1.60. The van der Waals surface area contributed by atoms with E-state index < -0.39 is 6.23 Å². The lowest BCUT2D eigenvalue weighted by atomic mass is 10.2. The second-order valence-electron chi connectivity index (χ2n) is 7.54. The van der Waals surface area contributed by atoms with Crippen molar-refractivity contribution < 1.29 is 5.11 Å². The molecule has 0 aliphatic carbocycles. The first-order valence-electron chi connectivity index (χ1n) is 9.77. The molecule has 3 N–H and O–H groups in total. The molecule has 2 unspecified atom stereocenters. The zero-order valence-corrected chi connectivity index (χ0v) is 17.2. The number of anilines is 2. The van der Waals surface area contributed by atoms with E-state index in [9.17, 15) is 5.11 Å². The number of hydrogen-bond acceptors (Lipinski definition) is 6. The fraction of sp³-hybridized carbons (Fsp3) is 0.364. The Hall–Kier alpha value is -2.28. The van der Waals surface area contributed by atoms with E-state index in [0.717, 1.165) is 40.8 Å². The van der Waals surface area contributed by atoms with Gasteiger partial charge in [-0.3, -0.25) is 0 Å². The topological polar surface area (TPSA) is 50.8 Å². The van der Waals surface area contributed by atoms with E-state index in [4.69, 9.17) is 0 Å². The van der Waals surface area contributed by atoms with Crippen LogP contribution in [-0.4, -0.2) is 49.8 Å². The van der Waals surface area contributed by atoms with Crippen LogP contribution in [-0.2, 0) is 0 Å². The largest absolute Gasteiger partial charge is 0.380 e. The SMILES string of the molecule is CN(C)C1CCN(c2ccc(NC(O)c3ccc(C4=CC=CCN4)s3)cc2)C1. The van der Waals surface area contributed by atoms with Crippen LogP contribution in [0, 0.1) is 0 Å². The fourth-order valence-corrected chi connectivity index (χ4v) is 4.62. The molecule has 1 fully saturated rings. The summed E-state index contributed by atoms with van der Waals surface area (Å²) in [6, 6.07) is 13.0. The molecule has 4 rings (SSSR count). The van der Waals surface area contributed by atoms with Gasteiger partial charge in [0.25, 0.3) is 0 Å². The Balaban J connectivity index is 1.37. The first kappa shape index (κ1) is 19.1. The van der Waals surface area contributed by atoms with Gasteiger partial charge in [-0.1, -0.05) is 12.2 Å². The number of thiophene rings is 1. The fourth-order valence-electron chi connectivity index (χ4n) is 3.67. The van der Waals surface area contributed by atoms with Crippen molar-refractivity contribution in [1.82, 2.24) is 10.2 Å². The zero-order valence-electron chi connectivity index (χ0n) is 16.4. The van der Waals surface area contributed by atoms with Crippen molar-refractivity contribution >= 4 is 28.4 Å². The number of benzene rings is 1. The summed E-state index contributed by atoms with van der Waals surface area (Å²) < 4.78 is 0. The lowest BCUT2D eigenvalue weighted by molar-refractivity contribution is 0.212. The molecule has 2 aliphatic heterocycles. The highest BCUT2D eigenvalue weighted by molar-refractivity contribution is 7.13. The Bertz CT molecular complexity index is 856. The Morgan fingerprint density at radius 3 is 2.71 bits per heavy atom. The van der Waals surface area contributed by atoms with Crippen LogP contribution >= 0.6 is 11.3 Å². The molecule has 0 spiro atoms. The van der Waals surface area contributed by atoms with Crippen molar-refractivity contribution in [3.05, 3.63) is 64.4 Å². The normalized spacial score (nSPS) is 20.2. The molecule has 3 heterocycles. The molecule has 5 nitrogen and oxygen atoms in total. The number of aliphatic hydroxyl groups is 1. The molecule has 0 amide bonds. The van der Waals surface area contributed by atoms with Crippen LogP contribution in [0.2, 0.25) is 0 Å². The van der Waals surface area contributed by atoms with Gasteiger partial charge in [0.05, 0.1) is 15.5 Å². The first-order chi connectivity index (χ1) is 13.6. The van der Waals surface area contributed by atoms with Crippen molar-refractivity contribution in [2.45, 2.75) is 18.7 Å². The van der Waals surface area contributed by atoms with E-state index in [2.05, 4.69) is 71.0 Å². The van der Waals surface area contributed by atoms with Gasteiger partial charge in [0.15, 0.2) is 6.23 Å². The number of hydrogen-bond donors (Lipinski definition) is 3. The molecule has 6 heteroatoms. The predicted octanol–water partition coefficient (Wildman–Crippen LogP) is 3.49. The minimum absolute atomic E-state index is 0.622. The van der Waals surface area contributed by atoms with Gasteiger partial charge in [-0.25, -0.2) is 0 Å². The van der Waals surface area contributed by atoms with Crippen LogP contribution in [0.5, 0.6) is 0 Å². The average molecular weight is 397 g/mol. The lowest BCUT2D eigenvalue weighted by Gasteiger charge is -2.22. The van der Waals surface area contributed by atoms with Gasteiger partial charge >= 0.3 is 0 Å². The van der Waals surface area contributed by atoms with E-state index in [0.29, 0.717) is 6.04 Å². The maximum absolute atomic E-state index is 10.6. The summed E-state index contributed by atoms with van der Waals surface area (Å²) in [5, 5.41) is 17.2. The summed E-state index contributed by atoms with van der Waals surface area (Å²) in [6.07, 6.45) is 6.70. The minimum Gasteiger partial charge on any atom is -0.380 e. The smallest absolute Gasteiger partial charge is 0.160 e. The molecule has 2 aromatic rings. The standard InChI is InChI=1S/C22H28N4OS/c1-25(2)18-12-14-26(15-18)17-8-6-16(7-9-17)24-22(27)21-11-10-20(28-21)19-5-3-4-13-23-19/h3-11,18,22-24,27H,12-15H2,1-2H3. The van der Waals surface area contributed by atoms with Crippen molar-refractivity contribution in [1.29, 1.82) is 0 Å². The van der Waals surface area contributed by atoms with Crippen molar-refractivity contribution in [3.63, 3.8) is 0 Å². The van der Waals surface area contributed by atoms with Gasteiger partial charge in [0.2, 0.25) is 0 Å². The summed E-state index contributed by atoms with van der Waals surface area (Å²) in [5.41, 5.74) is 3.27. The number of allylic oxidation sites excluding steroid dienone is 2. The zero-order chi connectivity index (χ0) is 19.5. The third-order valence-electron chi connectivity index (χ3n) is 5.40. The van der Waals surface area contributed by atoms with Crippen molar-refractivity contribution in [2.75, 3.05) is 43.9 Å². The third kappa shape index (κ3) is 4.24. The minimum atomic E-state index is -0.714. The van der Waals surface area contributed by atoms with Gasteiger partial charge < -0.3 is 25.5 Å². The van der Waals surface area contributed by atoms with E-state index in [1.807, 2.05) is 18.2 Å². The van der Waals surface area contributed by atoms with Gasteiger partial charge in [0, 0.05) is 37.1 Å². The number of dihydropyridines is 1. The molecular formula is C22H28N4OS. The maximum atomic E-state index is 10.6. The van der Waals surface area contributed by atoms with E-state index in [1.165, 1.54) is 12.1 Å². The van der Waals surface area contributed by atoms with Crippen LogP contribution in [0.25, 0.3) is 5.70 Å². The molecule has 28 heavy (non-hydrogen) atoms. The lowest BCUT2D eigenvalue weighted by Crippen LogP contribution is -2.31. The van der Waals surface area contributed by atoms with E-state index in [1.54, 1.807) is 11.3 Å².